The topological polar surface area (TPSA) is 53.1 Å². The smallest absolute Gasteiger partial charge is 0.226 e. The van der Waals surface area contributed by atoms with Crippen molar-refractivity contribution in [2.45, 2.75) is 32.2 Å². The zero-order chi connectivity index (χ0) is 16.9. The van der Waals surface area contributed by atoms with Gasteiger partial charge in [-0.2, -0.15) is 0 Å². The van der Waals surface area contributed by atoms with Gasteiger partial charge in [-0.25, -0.2) is 0 Å². The number of morpholine rings is 1. The molecule has 1 atom stereocenters. The number of allylic oxidation sites excluding steroid dienone is 2. The lowest BCUT2D eigenvalue weighted by molar-refractivity contribution is -0.136. The number of rotatable bonds is 5. The standard InChI is InChI=1S/C18H29N3O3/c1-15(22)21(9-8-19-10-12-24-13-11-19)17-6-7-20(14-17)18(23)16-4-2-3-5-16/h2-3,16-17H,4-14H2,1H3. The van der Waals surface area contributed by atoms with Crippen molar-refractivity contribution in [2.24, 2.45) is 5.92 Å². The molecule has 24 heavy (non-hydrogen) atoms. The highest BCUT2D eigenvalue weighted by Crippen LogP contribution is 2.24. The first-order valence-corrected chi connectivity index (χ1v) is 9.16. The van der Waals surface area contributed by atoms with Crippen LogP contribution in [0.4, 0.5) is 0 Å². The molecule has 0 saturated carbocycles. The molecule has 0 spiro atoms. The third-order valence-corrected chi connectivity index (χ3v) is 5.44. The van der Waals surface area contributed by atoms with E-state index in [1.807, 2.05) is 9.80 Å². The van der Waals surface area contributed by atoms with Crippen LogP contribution in [-0.2, 0) is 14.3 Å². The van der Waals surface area contributed by atoms with E-state index in [1.165, 1.54) is 0 Å². The second-order valence-corrected chi connectivity index (χ2v) is 7.03. The molecule has 1 aliphatic carbocycles. The van der Waals surface area contributed by atoms with Gasteiger partial charge in [0.1, 0.15) is 0 Å². The quantitative estimate of drug-likeness (QED) is 0.695. The number of likely N-dealkylation sites (tertiary alicyclic amines) is 1. The largest absolute Gasteiger partial charge is 0.379 e. The van der Waals surface area contributed by atoms with Gasteiger partial charge in [0.05, 0.1) is 19.3 Å². The normalized spacial score (nSPS) is 25.4. The Bertz CT molecular complexity index is 480. The molecule has 2 saturated heterocycles. The summed E-state index contributed by atoms with van der Waals surface area (Å²) >= 11 is 0. The van der Waals surface area contributed by atoms with Crippen LogP contribution in [0.5, 0.6) is 0 Å². The van der Waals surface area contributed by atoms with E-state index in [4.69, 9.17) is 4.74 Å². The minimum Gasteiger partial charge on any atom is -0.379 e. The van der Waals surface area contributed by atoms with Crippen LogP contribution in [0.3, 0.4) is 0 Å². The summed E-state index contributed by atoms with van der Waals surface area (Å²) in [6, 6.07) is 0.168. The lowest BCUT2D eigenvalue weighted by Crippen LogP contribution is -2.47. The first kappa shape index (κ1) is 17.4. The molecule has 0 bridgehead atoms. The van der Waals surface area contributed by atoms with Gasteiger partial charge in [0.2, 0.25) is 11.8 Å². The van der Waals surface area contributed by atoms with Gasteiger partial charge in [-0.15, -0.1) is 0 Å². The predicted octanol–water partition coefficient (Wildman–Crippen LogP) is 0.734. The molecule has 1 unspecified atom stereocenters. The highest BCUT2D eigenvalue weighted by Gasteiger charge is 2.34. The second kappa shape index (κ2) is 8.12. The maximum absolute atomic E-state index is 12.6. The SMILES string of the molecule is CC(=O)N(CCN1CCOCC1)C1CCN(C(=O)C2CC=CC2)C1. The predicted molar refractivity (Wildman–Crippen MR) is 91.5 cm³/mol. The maximum Gasteiger partial charge on any atom is 0.226 e. The summed E-state index contributed by atoms with van der Waals surface area (Å²) < 4.78 is 5.37. The summed E-state index contributed by atoms with van der Waals surface area (Å²) in [6.07, 6.45) is 6.83. The fourth-order valence-corrected chi connectivity index (χ4v) is 3.94. The Hall–Kier alpha value is -1.40. The van der Waals surface area contributed by atoms with Gasteiger partial charge >= 0.3 is 0 Å². The van der Waals surface area contributed by atoms with Gasteiger partial charge in [-0.1, -0.05) is 12.2 Å². The van der Waals surface area contributed by atoms with E-state index in [-0.39, 0.29) is 23.8 Å². The van der Waals surface area contributed by atoms with E-state index in [2.05, 4.69) is 17.1 Å². The molecule has 0 radical (unpaired) electrons. The van der Waals surface area contributed by atoms with Crippen LogP contribution >= 0.6 is 0 Å². The minimum atomic E-state index is 0.116. The summed E-state index contributed by atoms with van der Waals surface area (Å²) in [6.45, 7) is 8.19. The second-order valence-electron chi connectivity index (χ2n) is 7.03. The van der Waals surface area contributed by atoms with E-state index in [1.54, 1.807) is 6.92 Å². The van der Waals surface area contributed by atoms with Crippen LogP contribution in [0.25, 0.3) is 0 Å². The molecule has 2 amide bonds. The van der Waals surface area contributed by atoms with Crippen molar-refractivity contribution in [2.75, 3.05) is 52.5 Å². The van der Waals surface area contributed by atoms with Crippen molar-refractivity contribution in [3.63, 3.8) is 0 Å². The molecule has 0 aromatic carbocycles. The molecule has 2 fully saturated rings. The first-order chi connectivity index (χ1) is 11.6. The fraction of sp³-hybridized carbons (Fsp3) is 0.778. The summed E-state index contributed by atoms with van der Waals surface area (Å²) in [4.78, 5) is 30.9. The van der Waals surface area contributed by atoms with Crippen molar-refractivity contribution in [3.05, 3.63) is 12.2 Å². The highest BCUT2D eigenvalue weighted by atomic mass is 16.5. The molecule has 0 aromatic heterocycles. The third-order valence-electron chi connectivity index (χ3n) is 5.44. The van der Waals surface area contributed by atoms with E-state index in [0.29, 0.717) is 6.54 Å². The number of hydrogen-bond donors (Lipinski definition) is 0. The average Bonchev–Trinajstić information content (AvgIpc) is 3.27. The Balaban J connectivity index is 1.50. The van der Waals surface area contributed by atoms with E-state index < -0.39 is 0 Å². The fourth-order valence-electron chi connectivity index (χ4n) is 3.94. The van der Waals surface area contributed by atoms with Crippen LogP contribution in [-0.4, -0.2) is 85.0 Å². The van der Waals surface area contributed by atoms with Crippen molar-refractivity contribution >= 4 is 11.8 Å². The summed E-state index contributed by atoms with van der Waals surface area (Å²) in [5.74, 6) is 0.507. The monoisotopic (exact) mass is 335 g/mol. The lowest BCUT2D eigenvalue weighted by atomic mass is 10.1. The molecule has 2 heterocycles. The highest BCUT2D eigenvalue weighted by molar-refractivity contribution is 5.80. The van der Waals surface area contributed by atoms with Crippen LogP contribution in [0.15, 0.2) is 12.2 Å². The Labute approximate surface area is 144 Å². The molecule has 134 valence electrons. The van der Waals surface area contributed by atoms with E-state index in [9.17, 15) is 9.59 Å². The maximum atomic E-state index is 12.6. The van der Waals surface area contributed by atoms with Gasteiger partial charge in [0.25, 0.3) is 0 Å². The van der Waals surface area contributed by atoms with Gasteiger partial charge in [-0.05, 0) is 19.3 Å². The van der Waals surface area contributed by atoms with Crippen molar-refractivity contribution in [3.8, 4) is 0 Å². The van der Waals surface area contributed by atoms with Gasteiger partial charge in [-0.3, -0.25) is 14.5 Å². The number of ether oxygens (including phenoxy) is 1. The zero-order valence-electron chi connectivity index (χ0n) is 14.7. The molecule has 3 aliphatic rings. The Morgan fingerprint density at radius 3 is 2.54 bits per heavy atom. The van der Waals surface area contributed by atoms with Crippen molar-refractivity contribution in [1.82, 2.24) is 14.7 Å². The summed E-state index contributed by atoms with van der Waals surface area (Å²) in [5.41, 5.74) is 0. The molecule has 6 nitrogen and oxygen atoms in total. The molecule has 6 heteroatoms. The van der Waals surface area contributed by atoms with Crippen LogP contribution < -0.4 is 0 Å². The number of amides is 2. The summed E-state index contributed by atoms with van der Waals surface area (Å²) in [5, 5.41) is 0. The van der Waals surface area contributed by atoms with Gasteiger partial charge in [0, 0.05) is 52.1 Å². The number of hydrogen-bond acceptors (Lipinski definition) is 4. The van der Waals surface area contributed by atoms with Crippen molar-refractivity contribution < 1.29 is 14.3 Å². The van der Waals surface area contributed by atoms with Crippen LogP contribution in [0.1, 0.15) is 26.2 Å². The number of nitrogens with zero attached hydrogens (tertiary/aromatic N) is 3. The van der Waals surface area contributed by atoms with Gasteiger partial charge in [0.15, 0.2) is 0 Å². The molecular weight excluding hydrogens is 306 g/mol. The molecule has 2 aliphatic heterocycles. The first-order valence-electron chi connectivity index (χ1n) is 9.16. The Morgan fingerprint density at radius 1 is 1.17 bits per heavy atom. The minimum absolute atomic E-state index is 0.116. The molecule has 0 aromatic rings. The zero-order valence-corrected chi connectivity index (χ0v) is 14.7. The van der Waals surface area contributed by atoms with Gasteiger partial charge < -0.3 is 14.5 Å². The van der Waals surface area contributed by atoms with Crippen molar-refractivity contribution in [1.29, 1.82) is 0 Å². The van der Waals surface area contributed by atoms with E-state index in [0.717, 1.165) is 65.2 Å². The third kappa shape index (κ3) is 4.16. The number of carbonyl (C=O) groups excluding carboxylic acids is 2. The Morgan fingerprint density at radius 2 is 1.88 bits per heavy atom. The number of carbonyl (C=O) groups is 2. The van der Waals surface area contributed by atoms with Crippen LogP contribution in [0.2, 0.25) is 0 Å². The lowest BCUT2D eigenvalue weighted by Gasteiger charge is -2.32. The summed E-state index contributed by atoms with van der Waals surface area (Å²) in [7, 11) is 0. The Kier molecular flexibility index (Phi) is 5.89. The van der Waals surface area contributed by atoms with E-state index >= 15 is 0 Å². The van der Waals surface area contributed by atoms with Crippen LogP contribution in [0, 0.1) is 5.92 Å². The molecular formula is C18H29N3O3. The molecule has 3 rings (SSSR count). The molecule has 0 N–H and O–H groups in total. The average molecular weight is 335 g/mol.